The average molecular weight is 621 g/mol. The molecule has 0 radical (unpaired) electrons. The van der Waals surface area contributed by atoms with E-state index in [2.05, 4.69) is 15.2 Å². The lowest BCUT2D eigenvalue weighted by Crippen LogP contribution is -2.56. The number of anilines is 1. The van der Waals surface area contributed by atoms with Crippen LogP contribution in [0.4, 0.5) is 23.7 Å². The number of halogens is 3. The van der Waals surface area contributed by atoms with Gasteiger partial charge in [0.25, 0.3) is 5.91 Å². The molecule has 0 bridgehead atoms. The maximum atomic E-state index is 13.8. The number of aromatic nitrogens is 2. The number of amides is 2. The quantitative estimate of drug-likeness (QED) is 0.441. The van der Waals surface area contributed by atoms with Gasteiger partial charge < -0.3 is 29.5 Å². The normalized spacial score (nSPS) is 20.4. The fourth-order valence-corrected chi connectivity index (χ4v) is 5.74. The molecule has 2 aromatic heterocycles. The number of alkyl halides is 3. The van der Waals surface area contributed by atoms with Gasteiger partial charge >= 0.3 is 12.3 Å². The summed E-state index contributed by atoms with van der Waals surface area (Å²) in [7, 11) is 2.00. The highest BCUT2D eigenvalue weighted by Crippen LogP contribution is 2.37. The summed E-state index contributed by atoms with van der Waals surface area (Å²) in [6.45, 7) is 10.5. The Morgan fingerprint density at radius 1 is 1.09 bits per heavy atom. The van der Waals surface area contributed by atoms with E-state index >= 15 is 0 Å². The van der Waals surface area contributed by atoms with E-state index < -0.39 is 23.8 Å². The zero-order chi connectivity index (χ0) is 32.2. The van der Waals surface area contributed by atoms with Crippen LogP contribution in [-0.2, 0) is 4.74 Å². The first-order valence-electron chi connectivity index (χ1n) is 15.1. The Kier molecular flexibility index (Phi) is 10.3. The van der Waals surface area contributed by atoms with Crippen LogP contribution in [-0.4, -0.2) is 103 Å². The molecule has 0 saturated carbocycles. The SMILES string of the molecule is CCOc1ncccc1-c1ccc(N2CCN(C(=O)O[C@H](C(C)(C)C)C(F)(F)F)C[C@H]2CC)c(C(=O)N[C@@H]2CCN(C)C2)n1. The molecular weight excluding hydrogens is 577 g/mol. The summed E-state index contributed by atoms with van der Waals surface area (Å²) in [5.74, 6) is 0.0869. The molecule has 0 unspecified atom stereocenters. The minimum absolute atomic E-state index is 0.0267. The summed E-state index contributed by atoms with van der Waals surface area (Å²) >= 11 is 0. The third-order valence-electron chi connectivity index (χ3n) is 7.97. The predicted molar refractivity (Wildman–Crippen MR) is 161 cm³/mol. The second kappa shape index (κ2) is 13.6. The van der Waals surface area contributed by atoms with Crippen LogP contribution in [0.2, 0.25) is 0 Å². The lowest BCUT2D eigenvalue weighted by atomic mass is 9.88. The second-order valence-corrected chi connectivity index (χ2v) is 12.4. The van der Waals surface area contributed by atoms with Crippen molar-refractivity contribution in [2.75, 3.05) is 51.3 Å². The van der Waals surface area contributed by atoms with Crippen molar-refractivity contribution in [2.45, 2.75) is 71.8 Å². The molecule has 2 aliphatic heterocycles. The van der Waals surface area contributed by atoms with Gasteiger partial charge in [-0.05, 0) is 57.6 Å². The number of pyridine rings is 2. The van der Waals surface area contributed by atoms with Crippen molar-refractivity contribution in [3.05, 3.63) is 36.2 Å². The topological polar surface area (TPSA) is 100 Å². The summed E-state index contributed by atoms with van der Waals surface area (Å²) in [6.07, 6.45) is -4.92. The molecular formula is C31H43F3N6O4. The van der Waals surface area contributed by atoms with Crippen molar-refractivity contribution < 1.29 is 32.2 Å². The van der Waals surface area contributed by atoms with E-state index in [0.717, 1.165) is 19.5 Å². The molecule has 0 spiro atoms. The molecule has 4 heterocycles. The van der Waals surface area contributed by atoms with Gasteiger partial charge in [-0.15, -0.1) is 0 Å². The maximum absolute atomic E-state index is 13.8. The van der Waals surface area contributed by atoms with Gasteiger partial charge in [-0.2, -0.15) is 13.2 Å². The Balaban J connectivity index is 1.63. The highest BCUT2D eigenvalue weighted by atomic mass is 19.4. The van der Waals surface area contributed by atoms with E-state index in [4.69, 9.17) is 14.5 Å². The van der Waals surface area contributed by atoms with Crippen molar-refractivity contribution >= 4 is 17.7 Å². The highest BCUT2D eigenvalue weighted by molar-refractivity contribution is 5.99. The number of ether oxygens (including phenoxy) is 2. The Labute approximate surface area is 256 Å². The van der Waals surface area contributed by atoms with Gasteiger partial charge in [0.05, 0.1) is 23.6 Å². The fraction of sp³-hybridized carbons (Fsp3) is 0.613. The van der Waals surface area contributed by atoms with Crippen LogP contribution in [0, 0.1) is 5.41 Å². The summed E-state index contributed by atoms with van der Waals surface area (Å²) in [5, 5.41) is 3.13. The van der Waals surface area contributed by atoms with Gasteiger partial charge in [-0.25, -0.2) is 14.8 Å². The van der Waals surface area contributed by atoms with E-state index in [0.29, 0.717) is 35.9 Å². The van der Waals surface area contributed by atoms with E-state index in [-0.39, 0.29) is 43.3 Å². The first kappa shape index (κ1) is 33.3. The van der Waals surface area contributed by atoms with Crippen molar-refractivity contribution in [2.24, 2.45) is 5.41 Å². The lowest BCUT2D eigenvalue weighted by Gasteiger charge is -2.43. The number of piperazine rings is 1. The molecule has 2 aliphatic rings. The van der Waals surface area contributed by atoms with E-state index in [1.807, 2.05) is 37.9 Å². The van der Waals surface area contributed by atoms with E-state index in [9.17, 15) is 22.8 Å². The van der Waals surface area contributed by atoms with E-state index in [1.54, 1.807) is 18.3 Å². The Morgan fingerprint density at radius 3 is 2.45 bits per heavy atom. The number of likely N-dealkylation sites (N-methyl/N-ethyl adjacent to an activating group) is 1. The minimum Gasteiger partial charge on any atom is -0.477 e. The number of carbonyl (C=O) groups excluding carboxylic acids is 2. The van der Waals surface area contributed by atoms with Gasteiger partial charge in [-0.3, -0.25) is 4.79 Å². The third kappa shape index (κ3) is 7.72. The van der Waals surface area contributed by atoms with Gasteiger partial charge in [-0.1, -0.05) is 27.7 Å². The first-order chi connectivity index (χ1) is 20.7. The van der Waals surface area contributed by atoms with Crippen LogP contribution in [0.25, 0.3) is 11.3 Å². The summed E-state index contributed by atoms with van der Waals surface area (Å²) in [5.41, 5.74) is 0.660. The standard InChI is InChI=1S/C31H43F3N6O4/c1-7-21-19-39(29(42)44-28(30(3,4)5)31(32,33)34)16-17-40(21)24-12-11-23(22-10-9-14-35-27(22)43-8-2)37-25(24)26(41)36-20-13-15-38(6)18-20/h9-12,14,20-21,28H,7-8,13,15-19H2,1-6H3,(H,36,41)/t20-,21-,28-/m1/s1. The first-order valence-corrected chi connectivity index (χ1v) is 15.1. The Bertz CT molecular complexity index is 1300. The maximum Gasteiger partial charge on any atom is 0.426 e. The van der Waals surface area contributed by atoms with Crippen molar-refractivity contribution in [3.63, 3.8) is 0 Å². The van der Waals surface area contributed by atoms with Crippen molar-refractivity contribution in [1.82, 2.24) is 25.1 Å². The number of carbonyl (C=O) groups is 2. The second-order valence-electron chi connectivity index (χ2n) is 12.4. The third-order valence-corrected chi connectivity index (χ3v) is 7.97. The smallest absolute Gasteiger partial charge is 0.426 e. The van der Waals surface area contributed by atoms with Crippen LogP contribution >= 0.6 is 0 Å². The number of nitrogens with one attached hydrogen (secondary N) is 1. The lowest BCUT2D eigenvalue weighted by molar-refractivity contribution is -0.232. The molecule has 13 heteroatoms. The van der Waals surface area contributed by atoms with Crippen LogP contribution < -0.4 is 15.0 Å². The van der Waals surface area contributed by atoms with E-state index in [1.165, 1.54) is 25.7 Å². The molecule has 2 amide bonds. The Morgan fingerprint density at radius 2 is 1.84 bits per heavy atom. The average Bonchev–Trinajstić information content (AvgIpc) is 3.38. The summed E-state index contributed by atoms with van der Waals surface area (Å²) < 4.78 is 51.9. The molecule has 242 valence electrons. The van der Waals surface area contributed by atoms with Crippen molar-refractivity contribution in [1.29, 1.82) is 0 Å². The van der Waals surface area contributed by atoms with Gasteiger partial charge in [0, 0.05) is 49.9 Å². The predicted octanol–water partition coefficient (Wildman–Crippen LogP) is 4.99. The molecule has 10 nitrogen and oxygen atoms in total. The number of rotatable bonds is 8. The molecule has 1 N–H and O–H groups in total. The largest absolute Gasteiger partial charge is 0.477 e. The number of nitrogens with zero attached hydrogens (tertiary/aromatic N) is 5. The highest BCUT2D eigenvalue weighted by Gasteiger charge is 2.50. The van der Waals surface area contributed by atoms with Crippen LogP contribution in [0.3, 0.4) is 0 Å². The molecule has 0 aromatic carbocycles. The number of hydrogen-bond acceptors (Lipinski definition) is 8. The molecule has 2 saturated heterocycles. The summed E-state index contributed by atoms with van der Waals surface area (Å²) in [6, 6.07) is 6.93. The minimum atomic E-state index is -4.69. The molecule has 0 aliphatic carbocycles. The zero-order valence-electron chi connectivity index (χ0n) is 26.3. The van der Waals surface area contributed by atoms with Gasteiger partial charge in [0.1, 0.15) is 0 Å². The molecule has 2 aromatic rings. The Hall–Kier alpha value is -3.61. The fourth-order valence-electron chi connectivity index (χ4n) is 5.74. The molecule has 4 rings (SSSR count). The van der Waals surface area contributed by atoms with Crippen LogP contribution in [0.15, 0.2) is 30.5 Å². The molecule has 44 heavy (non-hydrogen) atoms. The van der Waals surface area contributed by atoms with Crippen LogP contribution in [0.5, 0.6) is 5.88 Å². The van der Waals surface area contributed by atoms with Gasteiger partial charge in [0.15, 0.2) is 5.69 Å². The monoisotopic (exact) mass is 620 g/mol. The van der Waals surface area contributed by atoms with Crippen molar-refractivity contribution in [3.8, 4) is 17.1 Å². The molecule has 3 atom stereocenters. The number of likely N-dealkylation sites (tertiary alicyclic amines) is 1. The number of hydrogen-bond donors (Lipinski definition) is 1. The molecule has 2 fully saturated rings. The zero-order valence-corrected chi connectivity index (χ0v) is 26.3. The van der Waals surface area contributed by atoms with Gasteiger partial charge in [0.2, 0.25) is 12.0 Å². The van der Waals surface area contributed by atoms with Crippen LogP contribution in [0.1, 0.15) is 57.9 Å². The summed E-state index contributed by atoms with van der Waals surface area (Å²) in [4.78, 5) is 41.4.